The molecule has 1 amide bonds. The van der Waals surface area contributed by atoms with E-state index in [1.54, 1.807) is 30.7 Å². The number of halogens is 1. The number of hydrogen-bond acceptors (Lipinski definition) is 7. The van der Waals surface area contributed by atoms with Gasteiger partial charge in [0.1, 0.15) is 6.04 Å². The molecule has 1 atom stereocenters. The van der Waals surface area contributed by atoms with Crippen molar-refractivity contribution in [1.82, 2.24) is 24.0 Å². The summed E-state index contributed by atoms with van der Waals surface area (Å²) >= 11 is 7.14. The number of amides is 1. The maximum Gasteiger partial charge on any atom is 0.332 e. The Morgan fingerprint density at radius 3 is 2.38 bits per heavy atom. The second-order valence-electron chi connectivity index (χ2n) is 8.84. The van der Waals surface area contributed by atoms with E-state index in [1.165, 1.54) is 11.6 Å². The van der Waals surface area contributed by atoms with E-state index in [0.29, 0.717) is 10.2 Å². The number of rotatable bonds is 10. The minimum absolute atomic E-state index is 0.0805. The predicted molar refractivity (Wildman–Crippen MR) is 150 cm³/mol. The molecule has 0 saturated carbocycles. The normalized spacial score (nSPS) is 11.9. The lowest BCUT2D eigenvalue weighted by Gasteiger charge is -2.17. The van der Waals surface area contributed by atoms with Crippen molar-refractivity contribution in [1.29, 1.82) is 0 Å². The Morgan fingerprint density at radius 2 is 1.72 bits per heavy atom. The first-order chi connectivity index (χ1) is 18.7. The van der Waals surface area contributed by atoms with Crippen LogP contribution in [0.15, 0.2) is 69.3 Å². The minimum Gasteiger partial charge on any atom is -0.464 e. The van der Waals surface area contributed by atoms with Gasteiger partial charge in [-0.1, -0.05) is 65.8 Å². The van der Waals surface area contributed by atoms with E-state index in [9.17, 15) is 19.2 Å². The molecule has 0 radical (unpaired) electrons. The summed E-state index contributed by atoms with van der Waals surface area (Å²) in [5, 5.41) is 3.72. The summed E-state index contributed by atoms with van der Waals surface area (Å²) in [6.07, 6.45) is 0.281. The molecule has 0 spiro atoms. The Kier molecular flexibility index (Phi) is 8.93. The number of carbonyl (C=O) groups is 2. The van der Waals surface area contributed by atoms with Crippen molar-refractivity contribution >= 4 is 46.4 Å². The van der Waals surface area contributed by atoms with Crippen LogP contribution in [0, 0.1) is 0 Å². The SMILES string of the molecule is CCOC(=O)[C@H](Cc1ccccc1)NC(=O)CSc1nc2c(c(=O)n(C)c(=O)n2C)n1Cc1ccc(Cl)cc1. The number of hydrogen-bond donors (Lipinski definition) is 1. The van der Waals surface area contributed by atoms with Crippen LogP contribution in [0.1, 0.15) is 18.1 Å². The molecule has 12 heteroatoms. The third kappa shape index (κ3) is 6.43. The third-order valence-corrected chi connectivity index (χ3v) is 7.32. The number of carbonyl (C=O) groups excluding carboxylic acids is 2. The van der Waals surface area contributed by atoms with E-state index < -0.39 is 29.2 Å². The Bertz CT molecular complexity index is 1610. The average Bonchev–Trinajstić information content (AvgIpc) is 3.29. The Hall–Kier alpha value is -3.83. The zero-order chi connectivity index (χ0) is 28.1. The number of thioether (sulfide) groups is 1. The van der Waals surface area contributed by atoms with Gasteiger partial charge < -0.3 is 14.6 Å². The molecule has 0 saturated heterocycles. The summed E-state index contributed by atoms with van der Waals surface area (Å²) in [6.45, 7) is 2.17. The number of imidazole rings is 1. The summed E-state index contributed by atoms with van der Waals surface area (Å²) in [6, 6.07) is 15.6. The molecule has 0 aliphatic heterocycles. The lowest BCUT2D eigenvalue weighted by molar-refractivity contribution is -0.147. The van der Waals surface area contributed by atoms with Gasteiger partial charge in [-0.25, -0.2) is 14.6 Å². The summed E-state index contributed by atoms with van der Waals surface area (Å²) < 4.78 is 9.18. The number of aryl methyl sites for hydroxylation is 1. The summed E-state index contributed by atoms with van der Waals surface area (Å²) in [5.41, 5.74) is 1.20. The van der Waals surface area contributed by atoms with Crippen LogP contribution in [0.5, 0.6) is 0 Å². The second-order valence-corrected chi connectivity index (χ2v) is 10.2. The average molecular weight is 570 g/mol. The molecule has 204 valence electrons. The molecule has 10 nitrogen and oxygen atoms in total. The molecule has 4 rings (SSSR count). The van der Waals surface area contributed by atoms with Crippen LogP contribution >= 0.6 is 23.4 Å². The Labute approximate surface area is 233 Å². The van der Waals surface area contributed by atoms with Crippen molar-refractivity contribution in [3.05, 3.63) is 91.6 Å². The number of nitrogens with zero attached hydrogens (tertiary/aromatic N) is 4. The largest absolute Gasteiger partial charge is 0.464 e. The summed E-state index contributed by atoms with van der Waals surface area (Å²) in [4.78, 5) is 55.7. The number of fused-ring (bicyclic) bond motifs is 1. The zero-order valence-corrected chi connectivity index (χ0v) is 23.3. The van der Waals surface area contributed by atoms with Crippen LogP contribution in [0.3, 0.4) is 0 Å². The Balaban J connectivity index is 1.61. The third-order valence-electron chi connectivity index (χ3n) is 6.09. The lowest BCUT2D eigenvalue weighted by Crippen LogP contribution is -2.44. The van der Waals surface area contributed by atoms with Gasteiger partial charge in [0.25, 0.3) is 5.56 Å². The molecule has 4 aromatic rings. The molecule has 2 aromatic carbocycles. The van der Waals surface area contributed by atoms with Crippen LogP contribution in [0.25, 0.3) is 11.2 Å². The van der Waals surface area contributed by atoms with E-state index in [4.69, 9.17) is 16.3 Å². The van der Waals surface area contributed by atoms with Crippen molar-refractivity contribution in [3.63, 3.8) is 0 Å². The molecule has 0 bridgehead atoms. The van der Waals surface area contributed by atoms with Crippen LogP contribution in [0.4, 0.5) is 0 Å². The smallest absolute Gasteiger partial charge is 0.332 e. The highest BCUT2D eigenvalue weighted by Crippen LogP contribution is 2.23. The lowest BCUT2D eigenvalue weighted by atomic mass is 10.1. The molecule has 1 N–H and O–H groups in total. The van der Waals surface area contributed by atoms with Gasteiger partial charge in [-0.05, 0) is 30.2 Å². The minimum atomic E-state index is -0.860. The standard InChI is InChI=1S/C27H28ClN5O5S/c1-4-38-25(36)20(14-17-8-6-5-7-9-17)29-21(34)16-39-26-30-23-22(24(35)32(3)27(37)31(23)2)33(26)15-18-10-12-19(28)13-11-18/h5-13,20H,4,14-16H2,1-3H3,(H,29,34)/t20-/m0/s1. The number of aromatic nitrogens is 4. The quantitative estimate of drug-likeness (QED) is 0.230. The maximum atomic E-state index is 13.1. The monoisotopic (exact) mass is 569 g/mol. The number of esters is 1. The summed E-state index contributed by atoms with van der Waals surface area (Å²) in [7, 11) is 2.95. The highest BCUT2D eigenvalue weighted by Gasteiger charge is 2.24. The van der Waals surface area contributed by atoms with Gasteiger partial charge in [-0.3, -0.25) is 18.7 Å². The molecule has 0 unspecified atom stereocenters. The van der Waals surface area contributed by atoms with Gasteiger partial charge >= 0.3 is 11.7 Å². The molecular weight excluding hydrogens is 542 g/mol. The van der Waals surface area contributed by atoms with Crippen LogP contribution in [-0.4, -0.2) is 49.0 Å². The van der Waals surface area contributed by atoms with Crippen LogP contribution in [-0.2, 0) is 41.4 Å². The van der Waals surface area contributed by atoms with Gasteiger partial charge in [-0.15, -0.1) is 0 Å². The van der Waals surface area contributed by atoms with E-state index in [2.05, 4.69) is 10.3 Å². The number of benzene rings is 2. The molecule has 0 fully saturated rings. The molecule has 39 heavy (non-hydrogen) atoms. The van der Waals surface area contributed by atoms with E-state index in [-0.39, 0.29) is 36.5 Å². The fourth-order valence-electron chi connectivity index (χ4n) is 4.11. The molecular formula is C27H28ClN5O5S. The highest BCUT2D eigenvalue weighted by molar-refractivity contribution is 7.99. The van der Waals surface area contributed by atoms with Crippen molar-refractivity contribution in [3.8, 4) is 0 Å². The first kappa shape index (κ1) is 28.2. The van der Waals surface area contributed by atoms with E-state index in [1.807, 2.05) is 42.5 Å². The first-order valence-electron chi connectivity index (χ1n) is 12.2. The van der Waals surface area contributed by atoms with Gasteiger partial charge in [-0.2, -0.15) is 0 Å². The fraction of sp³-hybridized carbons (Fsp3) is 0.296. The highest BCUT2D eigenvalue weighted by atomic mass is 35.5. The molecule has 2 heterocycles. The van der Waals surface area contributed by atoms with Crippen molar-refractivity contribution in [2.45, 2.75) is 31.1 Å². The zero-order valence-electron chi connectivity index (χ0n) is 21.7. The fourth-order valence-corrected chi connectivity index (χ4v) is 5.04. The van der Waals surface area contributed by atoms with Crippen LogP contribution < -0.4 is 16.6 Å². The molecule has 0 aliphatic rings. The van der Waals surface area contributed by atoms with Crippen LogP contribution in [0.2, 0.25) is 5.02 Å². The van der Waals surface area contributed by atoms with E-state index >= 15 is 0 Å². The van der Waals surface area contributed by atoms with Crippen molar-refractivity contribution in [2.24, 2.45) is 14.1 Å². The predicted octanol–water partition coefficient (Wildman–Crippen LogP) is 2.52. The number of nitrogens with one attached hydrogen (secondary N) is 1. The number of ether oxygens (including phenoxy) is 1. The van der Waals surface area contributed by atoms with Gasteiger partial charge in [0.05, 0.1) is 18.9 Å². The summed E-state index contributed by atoms with van der Waals surface area (Å²) in [5.74, 6) is -1.00. The molecule has 0 aliphatic carbocycles. The first-order valence-corrected chi connectivity index (χ1v) is 13.6. The Morgan fingerprint density at radius 1 is 1.03 bits per heavy atom. The van der Waals surface area contributed by atoms with Gasteiger partial charge in [0, 0.05) is 25.5 Å². The van der Waals surface area contributed by atoms with Crippen molar-refractivity contribution < 1.29 is 14.3 Å². The second kappa shape index (κ2) is 12.4. The molecule has 2 aromatic heterocycles. The van der Waals surface area contributed by atoms with Crippen molar-refractivity contribution in [2.75, 3.05) is 12.4 Å². The maximum absolute atomic E-state index is 13.1. The van der Waals surface area contributed by atoms with Gasteiger partial charge in [0.2, 0.25) is 5.91 Å². The van der Waals surface area contributed by atoms with E-state index in [0.717, 1.165) is 27.5 Å². The topological polar surface area (TPSA) is 117 Å². The van der Waals surface area contributed by atoms with Gasteiger partial charge in [0.15, 0.2) is 16.3 Å².